The first-order valence-corrected chi connectivity index (χ1v) is 8.24. The van der Waals surface area contributed by atoms with Gasteiger partial charge in [-0.25, -0.2) is 4.79 Å². The van der Waals surface area contributed by atoms with E-state index in [1.165, 1.54) is 0 Å². The molecule has 7 nitrogen and oxygen atoms in total. The molecule has 7 heteroatoms. The van der Waals surface area contributed by atoms with Gasteiger partial charge in [-0.3, -0.25) is 10.1 Å². The molecule has 0 bridgehead atoms. The number of nitrogens with two attached hydrogens (primary N) is 1. The molecule has 1 aromatic carbocycles. The number of amides is 3. The highest BCUT2D eigenvalue weighted by Crippen LogP contribution is 2.32. The van der Waals surface area contributed by atoms with Crippen LogP contribution < -0.4 is 11.1 Å². The van der Waals surface area contributed by atoms with E-state index in [1.54, 1.807) is 4.90 Å². The van der Waals surface area contributed by atoms with Crippen molar-refractivity contribution in [2.24, 2.45) is 5.73 Å². The summed E-state index contributed by atoms with van der Waals surface area (Å²) in [5, 5.41) is 4.18. The molecule has 24 heavy (non-hydrogen) atoms. The van der Waals surface area contributed by atoms with E-state index in [9.17, 15) is 9.59 Å². The number of hydrogen-bond donors (Lipinski definition) is 3. The van der Waals surface area contributed by atoms with Gasteiger partial charge < -0.3 is 20.5 Å². The lowest BCUT2D eigenvalue weighted by atomic mass is 9.86. The van der Waals surface area contributed by atoms with Crippen LogP contribution >= 0.6 is 0 Å². The van der Waals surface area contributed by atoms with Gasteiger partial charge in [-0.15, -0.1) is 0 Å². The number of rotatable bonds is 1. The van der Waals surface area contributed by atoms with E-state index in [1.807, 2.05) is 35.4 Å². The van der Waals surface area contributed by atoms with E-state index >= 15 is 0 Å². The Morgan fingerprint density at radius 3 is 2.71 bits per heavy atom. The fraction of sp³-hybridized carbons (Fsp3) is 0.412. The Morgan fingerprint density at radius 2 is 1.96 bits per heavy atom. The van der Waals surface area contributed by atoms with Gasteiger partial charge in [-0.1, -0.05) is 6.07 Å². The zero-order valence-electron chi connectivity index (χ0n) is 13.4. The highest BCUT2D eigenvalue weighted by Gasteiger charge is 2.45. The number of aromatic amines is 1. The van der Waals surface area contributed by atoms with E-state index in [0.29, 0.717) is 19.8 Å². The van der Waals surface area contributed by atoms with E-state index in [4.69, 9.17) is 5.73 Å². The lowest BCUT2D eigenvalue weighted by Gasteiger charge is -2.43. The summed E-state index contributed by atoms with van der Waals surface area (Å²) in [4.78, 5) is 31.3. The second-order valence-electron chi connectivity index (χ2n) is 6.61. The van der Waals surface area contributed by atoms with Gasteiger partial charge in [0.1, 0.15) is 0 Å². The summed E-state index contributed by atoms with van der Waals surface area (Å²) in [5.41, 5.74) is 6.94. The predicted molar refractivity (Wildman–Crippen MR) is 90.5 cm³/mol. The van der Waals surface area contributed by atoms with E-state index in [2.05, 4.69) is 10.3 Å². The third-order valence-corrected chi connectivity index (χ3v) is 5.37. The number of hydrogen-bond acceptors (Lipinski definition) is 3. The zero-order chi connectivity index (χ0) is 16.7. The molecule has 3 amide bonds. The van der Waals surface area contributed by atoms with E-state index in [0.717, 1.165) is 35.9 Å². The number of nitrogens with one attached hydrogen (secondary N) is 2. The Morgan fingerprint density at radius 1 is 1.17 bits per heavy atom. The summed E-state index contributed by atoms with van der Waals surface area (Å²) in [6, 6.07) is 7.27. The van der Waals surface area contributed by atoms with Crippen LogP contribution in [0.4, 0.5) is 4.79 Å². The highest BCUT2D eigenvalue weighted by atomic mass is 16.2. The molecule has 2 fully saturated rings. The van der Waals surface area contributed by atoms with Crippen molar-refractivity contribution in [3.8, 4) is 0 Å². The summed E-state index contributed by atoms with van der Waals surface area (Å²) < 4.78 is 0. The molecule has 1 aromatic heterocycles. The number of benzene rings is 1. The Bertz CT molecular complexity index is 791. The number of carbonyl (C=O) groups is 2. The third-order valence-electron chi connectivity index (χ3n) is 5.37. The lowest BCUT2D eigenvalue weighted by molar-refractivity contribution is 0.0552. The summed E-state index contributed by atoms with van der Waals surface area (Å²) in [5.74, 6) is 0.0478. The second kappa shape index (κ2) is 5.52. The van der Waals surface area contributed by atoms with Crippen molar-refractivity contribution < 1.29 is 9.59 Å². The van der Waals surface area contributed by atoms with Gasteiger partial charge in [0.2, 0.25) is 0 Å². The van der Waals surface area contributed by atoms with Crippen molar-refractivity contribution >= 4 is 22.8 Å². The van der Waals surface area contributed by atoms with Crippen LogP contribution in [0.3, 0.4) is 0 Å². The summed E-state index contributed by atoms with van der Waals surface area (Å²) in [7, 11) is 0. The molecule has 2 aromatic rings. The molecule has 0 aliphatic carbocycles. The Hall–Kier alpha value is -2.54. The summed E-state index contributed by atoms with van der Waals surface area (Å²) >= 11 is 0. The van der Waals surface area contributed by atoms with Gasteiger partial charge >= 0.3 is 6.03 Å². The normalized spacial score (nSPS) is 20.0. The first-order valence-electron chi connectivity index (χ1n) is 8.24. The average molecular weight is 327 g/mol. The van der Waals surface area contributed by atoms with Crippen LogP contribution in [-0.2, 0) is 0 Å². The Labute approximate surface area is 139 Å². The molecule has 4 N–H and O–H groups in total. The Kier molecular flexibility index (Phi) is 3.45. The monoisotopic (exact) mass is 327 g/mol. The molecule has 2 aliphatic rings. The molecule has 4 rings (SSSR count). The molecule has 0 radical (unpaired) electrons. The number of aromatic nitrogens is 1. The number of H-pyrrole nitrogens is 1. The first-order chi connectivity index (χ1) is 11.6. The van der Waals surface area contributed by atoms with Crippen LogP contribution in [0.1, 0.15) is 23.2 Å². The highest BCUT2D eigenvalue weighted by molar-refractivity contribution is 6.06. The molecule has 0 saturated carbocycles. The van der Waals surface area contributed by atoms with Gasteiger partial charge in [0.15, 0.2) is 0 Å². The number of urea groups is 1. The van der Waals surface area contributed by atoms with Crippen molar-refractivity contribution in [3.63, 3.8) is 0 Å². The molecule has 2 saturated heterocycles. The lowest BCUT2D eigenvalue weighted by Crippen LogP contribution is -2.57. The molecule has 0 atom stereocenters. The number of fused-ring (bicyclic) bond motifs is 1. The fourth-order valence-corrected chi connectivity index (χ4v) is 3.99. The maximum atomic E-state index is 12.9. The SMILES string of the molecule is NC(=O)N1CNCC12CCN(C(=O)c1cccc3[nH]ccc13)CC2. The van der Waals surface area contributed by atoms with Gasteiger partial charge in [0.25, 0.3) is 5.91 Å². The maximum absolute atomic E-state index is 12.9. The number of likely N-dealkylation sites (tertiary alicyclic amines) is 1. The largest absolute Gasteiger partial charge is 0.361 e. The minimum atomic E-state index is -0.392. The minimum Gasteiger partial charge on any atom is -0.361 e. The second-order valence-corrected chi connectivity index (χ2v) is 6.61. The van der Waals surface area contributed by atoms with Crippen LogP contribution in [0.5, 0.6) is 0 Å². The molecular formula is C17H21N5O2. The standard InChI is InChI=1S/C17H21N5O2/c18-16(24)22-11-19-10-17(22)5-8-21(9-6-17)15(23)13-2-1-3-14-12(13)4-7-20-14/h1-4,7,19-20H,5-6,8-11H2,(H2,18,24). The van der Waals surface area contributed by atoms with E-state index < -0.39 is 6.03 Å². The van der Waals surface area contributed by atoms with Crippen LogP contribution in [0.2, 0.25) is 0 Å². The van der Waals surface area contributed by atoms with Crippen molar-refractivity contribution in [3.05, 3.63) is 36.0 Å². The van der Waals surface area contributed by atoms with Crippen LogP contribution in [0, 0.1) is 0 Å². The topological polar surface area (TPSA) is 94.5 Å². The maximum Gasteiger partial charge on any atom is 0.316 e. The van der Waals surface area contributed by atoms with Crippen molar-refractivity contribution in [2.75, 3.05) is 26.3 Å². The summed E-state index contributed by atoms with van der Waals surface area (Å²) in [6.07, 6.45) is 3.34. The van der Waals surface area contributed by atoms with Crippen molar-refractivity contribution in [1.82, 2.24) is 20.1 Å². The molecule has 1 spiro atoms. The minimum absolute atomic E-state index is 0.0478. The van der Waals surface area contributed by atoms with Crippen LogP contribution in [0.15, 0.2) is 30.5 Å². The molecular weight excluding hydrogens is 306 g/mol. The van der Waals surface area contributed by atoms with Crippen LogP contribution in [0.25, 0.3) is 10.9 Å². The molecule has 3 heterocycles. The predicted octanol–water partition coefficient (Wildman–Crippen LogP) is 1.08. The average Bonchev–Trinajstić information content (AvgIpc) is 3.21. The van der Waals surface area contributed by atoms with Crippen molar-refractivity contribution in [2.45, 2.75) is 18.4 Å². The number of nitrogens with zero attached hydrogens (tertiary/aromatic N) is 2. The Balaban J connectivity index is 1.53. The van der Waals surface area contributed by atoms with Crippen molar-refractivity contribution in [1.29, 1.82) is 0 Å². The van der Waals surface area contributed by atoms with Gasteiger partial charge in [-0.2, -0.15) is 0 Å². The molecule has 2 aliphatic heterocycles. The van der Waals surface area contributed by atoms with Gasteiger partial charge in [0, 0.05) is 42.3 Å². The first kappa shape index (κ1) is 15.0. The van der Waals surface area contributed by atoms with E-state index in [-0.39, 0.29) is 11.4 Å². The molecule has 0 unspecified atom stereocenters. The quantitative estimate of drug-likeness (QED) is 0.731. The van der Waals surface area contributed by atoms with Gasteiger partial charge in [0.05, 0.1) is 12.2 Å². The smallest absolute Gasteiger partial charge is 0.316 e. The zero-order valence-corrected chi connectivity index (χ0v) is 13.4. The fourth-order valence-electron chi connectivity index (χ4n) is 3.99. The molecule has 126 valence electrons. The number of primary amides is 1. The third kappa shape index (κ3) is 2.24. The summed E-state index contributed by atoms with van der Waals surface area (Å²) in [6.45, 7) is 2.49. The van der Waals surface area contributed by atoms with Crippen LogP contribution in [-0.4, -0.2) is 58.6 Å². The van der Waals surface area contributed by atoms with Gasteiger partial charge in [-0.05, 0) is 31.0 Å². The number of piperidine rings is 1. The number of carbonyl (C=O) groups excluding carboxylic acids is 2.